The fourth-order valence-electron chi connectivity index (χ4n) is 3.25. The average molecular weight is 439 g/mol. The Kier molecular flexibility index (Phi) is 6.34. The van der Waals surface area contributed by atoms with Crippen LogP contribution in [0.3, 0.4) is 0 Å². The van der Waals surface area contributed by atoms with Crippen molar-refractivity contribution in [2.24, 2.45) is 0 Å². The smallest absolute Gasteiger partial charge is 0.433 e. The van der Waals surface area contributed by atoms with E-state index in [1.807, 2.05) is 0 Å². The van der Waals surface area contributed by atoms with E-state index in [2.05, 4.69) is 5.32 Å². The summed E-state index contributed by atoms with van der Waals surface area (Å²) in [6.45, 7) is 2.60. The molecule has 1 saturated heterocycles. The van der Waals surface area contributed by atoms with Crippen LogP contribution in [0.1, 0.15) is 12.5 Å². The van der Waals surface area contributed by atoms with Gasteiger partial charge in [-0.05, 0) is 43.3 Å². The maximum atomic E-state index is 13.5. The molecular weight excluding hydrogens is 419 g/mol. The molecule has 0 radical (unpaired) electrons. The van der Waals surface area contributed by atoms with Gasteiger partial charge in [0.15, 0.2) is 0 Å². The molecule has 0 spiro atoms. The van der Waals surface area contributed by atoms with Crippen molar-refractivity contribution in [2.45, 2.75) is 32.4 Å². The van der Waals surface area contributed by atoms with Crippen LogP contribution < -0.4 is 15.0 Å². The van der Waals surface area contributed by atoms with E-state index in [1.165, 1.54) is 32.0 Å². The van der Waals surface area contributed by atoms with Crippen molar-refractivity contribution in [3.05, 3.63) is 58.1 Å². The van der Waals surface area contributed by atoms with Gasteiger partial charge < -0.3 is 19.7 Å². The van der Waals surface area contributed by atoms with Crippen LogP contribution >= 0.6 is 0 Å². The number of nitro groups is 1. The summed E-state index contributed by atoms with van der Waals surface area (Å²) in [5.74, 6) is 0.179. The maximum Gasteiger partial charge on any atom is 0.433 e. The molecule has 0 unspecified atom stereocenters. The molecule has 2 aromatic rings. The monoisotopic (exact) mass is 439 g/mol. The Hall–Kier alpha value is -3.34. The lowest BCUT2D eigenvalue weighted by molar-refractivity contribution is -0.385. The van der Waals surface area contributed by atoms with Crippen LogP contribution in [0.25, 0.3) is 0 Å². The number of nitrogens with one attached hydrogen (secondary N) is 1. The zero-order chi connectivity index (χ0) is 22.8. The number of carbonyl (C=O) groups excluding carboxylic acids is 1. The highest BCUT2D eigenvalue weighted by Crippen LogP contribution is 2.36. The van der Waals surface area contributed by atoms with Gasteiger partial charge in [-0.3, -0.25) is 14.9 Å². The number of rotatable bonds is 6. The molecule has 1 amide bonds. The molecule has 0 bridgehead atoms. The van der Waals surface area contributed by atoms with Crippen molar-refractivity contribution < 1.29 is 32.4 Å². The van der Waals surface area contributed by atoms with Gasteiger partial charge in [-0.25, -0.2) is 0 Å². The third-order valence-electron chi connectivity index (χ3n) is 4.60. The van der Waals surface area contributed by atoms with Crippen molar-refractivity contribution in [3.63, 3.8) is 0 Å². The number of nitro benzene ring substituents is 1. The molecule has 11 heteroatoms. The second kappa shape index (κ2) is 8.80. The maximum absolute atomic E-state index is 13.5. The molecule has 166 valence electrons. The minimum absolute atomic E-state index is 0.106. The van der Waals surface area contributed by atoms with Gasteiger partial charge in [-0.1, -0.05) is 0 Å². The van der Waals surface area contributed by atoms with Crippen molar-refractivity contribution in [1.29, 1.82) is 0 Å². The number of carbonyl (C=O) groups is 1. The molecule has 2 atom stereocenters. The van der Waals surface area contributed by atoms with Crippen molar-refractivity contribution in [3.8, 4) is 5.75 Å². The molecule has 0 aromatic heterocycles. The molecule has 1 aliphatic heterocycles. The van der Waals surface area contributed by atoms with Gasteiger partial charge in [0, 0.05) is 29.9 Å². The summed E-state index contributed by atoms with van der Waals surface area (Å²) in [4.78, 5) is 22.4. The van der Waals surface area contributed by atoms with E-state index in [4.69, 9.17) is 9.47 Å². The molecule has 0 aliphatic carbocycles. The predicted octanol–water partition coefficient (Wildman–Crippen LogP) is 4.03. The minimum Gasteiger partial charge on any atom is -0.491 e. The van der Waals surface area contributed by atoms with Crippen LogP contribution in [0.2, 0.25) is 0 Å². The number of alkyl halides is 3. The number of ether oxygens (including phenoxy) is 2. The standard InChI is InChI=1S/C20H20F3N3O5/c1-12-9-15(5-8-18(12)26(28)29)25-10-17(31-19(25)20(21,22)23)11-30-16-6-3-14(4-7-16)24-13(2)27/h3-9,17,19H,10-11H2,1-2H3,(H,24,27)/t17-,19+/m0/s1. The lowest BCUT2D eigenvalue weighted by Gasteiger charge is -2.26. The van der Waals surface area contributed by atoms with E-state index in [1.54, 1.807) is 24.3 Å². The Bertz CT molecular complexity index is 966. The van der Waals surface area contributed by atoms with Crippen LogP contribution in [-0.4, -0.2) is 42.5 Å². The van der Waals surface area contributed by atoms with Gasteiger partial charge >= 0.3 is 6.18 Å². The Morgan fingerprint density at radius 2 is 1.97 bits per heavy atom. The number of benzene rings is 2. The Labute approximate surface area is 175 Å². The normalized spacial score (nSPS) is 18.7. The number of aryl methyl sites for hydroxylation is 1. The number of hydrogen-bond acceptors (Lipinski definition) is 6. The molecule has 1 fully saturated rings. The van der Waals surface area contributed by atoms with Crippen molar-refractivity contribution in [2.75, 3.05) is 23.4 Å². The summed E-state index contributed by atoms with van der Waals surface area (Å²) < 4.78 is 51.4. The lowest BCUT2D eigenvalue weighted by atomic mass is 10.1. The highest BCUT2D eigenvalue weighted by atomic mass is 19.4. The largest absolute Gasteiger partial charge is 0.491 e. The predicted molar refractivity (Wildman–Crippen MR) is 106 cm³/mol. The minimum atomic E-state index is -4.66. The topological polar surface area (TPSA) is 93.9 Å². The number of halogens is 3. The second-order valence-corrected chi connectivity index (χ2v) is 7.05. The first kappa shape index (κ1) is 22.3. The first-order chi connectivity index (χ1) is 14.5. The van der Waals surface area contributed by atoms with E-state index in [0.717, 1.165) is 4.90 Å². The number of hydrogen-bond donors (Lipinski definition) is 1. The van der Waals surface area contributed by atoms with Gasteiger partial charge in [0.05, 0.1) is 11.5 Å². The molecular formula is C20H20F3N3O5. The van der Waals surface area contributed by atoms with Gasteiger partial charge in [0.1, 0.15) is 18.5 Å². The Morgan fingerprint density at radius 1 is 1.29 bits per heavy atom. The van der Waals surface area contributed by atoms with Gasteiger partial charge in [0.25, 0.3) is 5.69 Å². The van der Waals surface area contributed by atoms with Crippen LogP contribution in [0.5, 0.6) is 5.75 Å². The summed E-state index contributed by atoms with van der Waals surface area (Å²) >= 11 is 0. The van der Waals surface area contributed by atoms with Crippen LogP contribution in [0, 0.1) is 17.0 Å². The summed E-state index contributed by atoms with van der Waals surface area (Å²) in [5, 5.41) is 13.6. The molecule has 31 heavy (non-hydrogen) atoms. The Balaban J connectivity index is 1.70. The van der Waals surface area contributed by atoms with E-state index < -0.39 is 23.4 Å². The second-order valence-electron chi connectivity index (χ2n) is 7.05. The zero-order valence-corrected chi connectivity index (χ0v) is 16.7. The molecule has 3 rings (SSSR count). The summed E-state index contributed by atoms with van der Waals surface area (Å²) in [6.07, 6.45) is -7.73. The molecule has 0 saturated carbocycles. The highest BCUT2D eigenvalue weighted by molar-refractivity contribution is 5.88. The van der Waals surface area contributed by atoms with Crippen molar-refractivity contribution in [1.82, 2.24) is 0 Å². The first-order valence-corrected chi connectivity index (χ1v) is 9.29. The number of anilines is 2. The first-order valence-electron chi connectivity index (χ1n) is 9.29. The zero-order valence-electron chi connectivity index (χ0n) is 16.7. The van der Waals surface area contributed by atoms with E-state index in [-0.39, 0.29) is 36.0 Å². The molecule has 1 aliphatic rings. The SMILES string of the molecule is CC(=O)Nc1ccc(OC[C@@H]2CN(c3ccc([N+](=O)[O-])c(C)c3)[C@@H](C(F)(F)F)O2)cc1. The van der Waals surface area contributed by atoms with Gasteiger partial charge in [0.2, 0.25) is 12.1 Å². The van der Waals surface area contributed by atoms with Gasteiger partial charge in [-0.15, -0.1) is 0 Å². The molecule has 2 aromatic carbocycles. The quantitative estimate of drug-likeness (QED) is 0.540. The Morgan fingerprint density at radius 3 is 2.52 bits per heavy atom. The fraction of sp³-hybridized carbons (Fsp3) is 0.350. The highest BCUT2D eigenvalue weighted by Gasteiger charge is 2.51. The van der Waals surface area contributed by atoms with E-state index >= 15 is 0 Å². The lowest BCUT2D eigenvalue weighted by Crippen LogP contribution is -2.42. The molecule has 1 N–H and O–H groups in total. The van der Waals surface area contributed by atoms with Crippen molar-refractivity contribution >= 4 is 23.0 Å². The number of nitrogens with zero attached hydrogens (tertiary/aromatic N) is 2. The fourth-order valence-corrected chi connectivity index (χ4v) is 3.25. The van der Waals surface area contributed by atoms with Crippen LogP contribution in [-0.2, 0) is 9.53 Å². The van der Waals surface area contributed by atoms with E-state index in [0.29, 0.717) is 11.4 Å². The summed E-state index contributed by atoms with van der Waals surface area (Å²) in [5.41, 5.74) is 0.818. The van der Waals surface area contributed by atoms with Crippen LogP contribution in [0.4, 0.5) is 30.2 Å². The molecule has 8 nitrogen and oxygen atoms in total. The summed E-state index contributed by atoms with van der Waals surface area (Å²) in [7, 11) is 0. The van der Waals surface area contributed by atoms with Gasteiger partial charge in [-0.2, -0.15) is 13.2 Å². The summed E-state index contributed by atoms with van der Waals surface area (Å²) in [6, 6.07) is 10.2. The third kappa shape index (κ3) is 5.43. The number of amides is 1. The van der Waals surface area contributed by atoms with E-state index in [9.17, 15) is 28.1 Å². The van der Waals surface area contributed by atoms with Crippen LogP contribution in [0.15, 0.2) is 42.5 Å². The average Bonchev–Trinajstić information content (AvgIpc) is 3.11. The molecule has 1 heterocycles. The third-order valence-corrected chi connectivity index (χ3v) is 4.60.